The van der Waals surface area contributed by atoms with E-state index in [-0.39, 0.29) is 42.0 Å². The highest BCUT2D eigenvalue weighted by Gasteiger charge is 2.42. The highest BCUT2D eigenvalue weighted by Crippen LogP contribution is 2.33. The Labute approximate surface area is 227 Å². The maximum absolute atomic E-state index is 12.9. The third-order valence-electron chi connectivity index (χ3n) is 6.16. The van der Waals surface area contributed by atoms with Crippen LogP contribution in [-0.4, -0.2) is 61.6 Å². The Balaban J connectivity index is 1.42. The second-order valence-corrected chi connectivity index (χ2v) is 9.42. The van der Waals surface area contributed by atoms with Gasteiger partial charge >= 0.3 is 11.9 Å². The van der Waals surface area contributed by atoms with Crippen LogP contribution in [0.5, 0.6) is 0 Å². The van der Waals surface area contributed by atoms with Crippen LogP contribution < -0.4 is 10.9 Å². The smallest absolute Gasteiger partial charge is 0.338 e. The van der Waals surface area contributed by atoms with Crippen molar-refractivity contribution >= 4 is 35.0 Å². The fraction of sp³-hybridized carbons (Fsp3) is 0.296. The lowest BCUT2D eigenvalue weighted by Crippen LogP contribution is -2.27. The molecule has 0 unspecified atom stereocenters. The number of amides is 1. The van der Waals surface area contributed by atoms with Crippen molar-refractivity contribution in [2.45, 2.75) is 38.7 Å². The number of H-pyrrole nitrogens is 1. The second-order valence-electron chi connectivity index (χ2n) is 9.42. The molecule has 3 atom stereocenters. The van der Waals surface area contributed by atoms with Gasteiger partial charge in [0.2, 0.25) is 11.9 Å². The largest absolute Gasteiger partial charge is 0.459 e. The molecule has 13 nitrogen and oxygen atoms in total. The number of rotatable bonds is 8. The van der Waals surface area contributed by atoms with Gasteiger partial charge < -0.3 is 14.2 Å². The number of ether oxygens (including phenoxy) is 3. The zero-order valence-corrected chi connectivity index (χ0v) is 21.6. The molecule has 4 aromatic rings. The van der Waals surface area contributed by atoms with Crippen LogP contribution in [0.2, 0.25) is 0 Å². The van der Waals surface area contributed by atoms with Crippen molar-refractivity contribution in [2.75, 3.05) is 11.9 Å². The Morgan fingerprint density at radius 2 is 1.70 bits per heavy atom. The molecule has 1 amide bonds. The molecular weight excluding hydrogens is 520 g/mol. The zero-order valence-electron chi connectivity index (χ0n) is 21.6. The summed E-state index contributed by atoms with van der Waals surface area (Å²) in [6.07, 6.45) is -2.46. The number of nitrogens with one attached hydrogen (secondary N) is 2. The van der Waals surface area contributed by atoms with Gasteiger partial charge in [0.15, 0.2) is 23.5 Å². The molecule has 2 aromatic heterocycles. The number of benzene rings is 2. The average Bonchev–Trinajstić information content (AvgIpc) is 3.56. The molecule has 0 spiro atoms. The van der Waals surface area contributed by atoms with Crippen LogP contribution >= 0.6 is 0 Å². The molecule has 40 heavy (non-hydrogen) atoms. The van der Waals surface area contributed by atoms with Crippen molar-refractivity contribution in [3.8, 4) is 0 Å². The number of fused-ring (bicyclic) bond motifs is 1. The van der Waals surface area contributed by atoms with E-state index in [1.807, 2.05) is 0 Å². The van der Waals surface area contributed by atoms with E-state index in [0.717, 1.165) is 0 Å². The number of aromatic nitrogens is 5. The minimum Gasteiger partial charge on any atom is -0.459 e. The standard InChI is InChI=1S/C27H26N6O7/c1-15(2)22(34)29-27-28-21-20(23(35)30-27)31-32-33(21)24-19(40-26(37)17-11-7-4-8-12-17)13-18(39-24)14-38-25(36)16-9-5-3-6-10-16/h3-12,15,18-19,24H,13-14H2,1-2H3,(H2,28,29,30,34,35)/t18-,19+,24+/m0/s1. The zero-order chi connectivity index (χ0) is 28.2. The van der Waals surface area contributed by atoms with Gasteiger partial charge in [0, 0.05) is 12.3 Å². The molecule has 1 aliphatic rings. The molecule has 1 saturated heterocycles. The van der Waals surface area contributed by atoms with Gasteiger partial charge in [-0.2, -0.15) is 9.67 Å². The van der Waals surface area contributed by atoms with Crippen LogP contribution in [0.15, 0.2) is 65.5 Å². The highest BCUT2D eigenvalue weighted by atomic mass is 16.6. The van der Waals surface area contributed by atoms with Crippen molar-refractivity contribution in [1.82, 2.24) is 25.0 Å². The predicted molar refractivity (Wildman–Crippen MR) is 140 cm³/mol. The van der Waals surface area contributed by atoms with E-state index in [2.05, 4.69) is 25.6 Å². The predicted octanol–water partition coefficient (Wildman–Crippen LogP) is 2.48. The fourth-order valence-electron chi connectivity index (χ4n) is 4.08. The Kier molecular flexibility index (Phi) is 7.64. The van der Waals surface area contributed by atoms with Gasteiger partial charge in [0.25, 0.3) is 5.56 Å². The molecule has 206 valence electrons. The first-order valence-corrected chi connectivity index (χ1v) is 12.6. The summed E-state index contributed by atoms with van der Waals surface area (Å²) in [7, 11) is 0. The lowest BCUT2D eigenvalue weighted by molar-refractivity contribution is -0.118. The average molecular weight is 547 g/mol. The molecule has 3 heterocycles. The van der Waals surface area contributed by atoms with E-state index < -0.39 is 35.9 Å². The van der Waals surface area contributed by atoms with Crippen LogP contribution in [0.1, 0.15) is 47.2 Å². The lowest BCUT2D eigenvalue weighted by Gasteiger charge is -2.19. The molecule has 0 bridgehead atoms. The number of hydrogen-bond acceptors (Lipinski definition) is 10. The topological polar surface area (TPSA) is 167 Å². The first-order chi connectivity index (χ1) is 19.3. The van der Waals surface area contributed by atoms with E-state index in [4.69, 9.17) is 14.2 Å². The van der Waals surface area contributed by atoms with Crippen molar-refractivity contribution in [2.24, 2.45) is 5.92 Å². The number of nitrogens with zero attached hydrogens (tertiary/aromatic N) is 4. The number of anilines is 1. The molecule has 1 aliphatic heterocycles. The molecule has 2 N–H and O–H groups in total. The van der Waals surface area contributed by atoms with Crippen molar-refractivity contribution in [3.63, 3.8) is 0 Å². The number of carbonyl (C=O) groups excluding carboxylic acids is 3. The summed E-state index contributed by atoms with van der Waals surface area (Å²) in [4.78, 5) is 57.0. The Morgan fingerprint density at radius 1 is 1.05 bits per heavy atom. The van der Waals surface area contributed by atoms with Crippen LogP contribution in [0, 0.1) is 5.92 Å². The molecule has 2 aromatic carbocycles. The summed E-state index contributed by atoms with van der Waals surface area (Å²) in [6.45, 7) is 3.26. The number of aromatic amines is 1. The van der Waals surface area contributed by atoms with Gasteiger partial charge in [0.1, 0.15) is 6.61 Å². The van der Waals surface area contributed by atoms with E-state index in [1.54, 1.807) is 74.5 Å². The molecule has 0 saturated carbocycles. The lowest BCUT2D eigenvalue weighted by atomic mass is 10.2. The summed E-state index contributed by atoms with van der Waals surface area (Å²) in [5, 5.41) is 10.5. The molecule has 5 rings (SSSR count). The van der Waals surface area contributed by atoms with Crippen molar-refractivity contribution in [3.05, 3.63) is 82.1 Å². The van der Waals surface area contributed by atoms with E-state index in [9.17, 15) is 19.2 Å². The summed E-state index contributed by atoms with van der Waals surface area (Å²) < 4.78 is 18.6. The van der Waals surface area contributed by atoms with Crippen LogP contribution in [0.3, 0.4) is 0 Å². The van der Waals surface area contributed by atoms with Gasteiger partial charge in [-0.25, -0.2) is 9.59 Å². The van der Waals surface area contributed by atoms with Crippen molar-refractivity contribution in [1.29, 1.82) is 0 Å². The highest BCUT2D eigenvalue weighted by molar-refractivity contribution is 5.91. The molecule has 1 fully saturated rings. The second kappa shape index (κ2) is 11.5. The molecule has 13 heteroatoms. The number of esters is 2. The minimum atomic E-state index is -1.05. The van der Waals surface area contributed by atoms with Crippen LogP contribution in [-0.2, 0) is 19.0 Å². The third-order valence-corrected chi connectivity index (χ3v) is 6.16. The summed E-state index contributed by atoms with van der Waals surface area (Å²) in [5.74, 6) is -1.93. The SMILES string of the molecule is CC(C)C(=O)Nc1nc2c(nnn2[C@@H]2O[C@H](COC(=O)c3ccccc3)C[C@H]2OC(=O)c2ccccc2)c(=O)[nH]1. The normalized spacial score (nSPS) is 18.5. The Hall–Kier alpha value is -4.91. The van der Waals surface area contributed by atoms with Gasteiger partial charge in [-0.15, -0.1) is 5.10 Å². The Morgan fingerprint density at radius 3 is 2.35 bits per heavy atom. The van der Waals surface area contributed by atoms with Gasteiger partial charge in [-0.1, -0.05) is 55.5 Å². The van der Waals surface area contributed by atoms with E-state index in [1.165, 1.54) is 4.68 Å². The van der Waals surface area contributed by atoms with E-state index in [0.29, 0.717) is 11.1 Å². The quantitative estimate of drug-likeness (QED) is 0.313. The van der Waals surface area contributed by atoms with Crippen LogP contribution in [0.25, 0.3) is 11.2 Å². The summed E-state index contributed by atoms with van der Waals surface area (Å²) >= 11 is 0. The third kappa shape index (κ3) is 5.73. The van der Waals surface area contributed by atoms with Gasteiger partial charge in [-0.05, 0) is 24.3 Å². The summed E-state index contributed by atoms with van der Waals surface area (Å²) in [6, 6.07) is 16.9. The van der Waals surface area contributed by atoms with Gasteiger partial charge in [-0.3, -0.25) is 19.9 Å². The van der Waals surface area contributed by atoms with Crippen molar-refractivity contribution < 1.29 is 28.6 Å². The van der Waals surface area contributed by atoms with E-state index >= 15 is 0 Å². The maximum Gasteiger partial charge on any atom is 0.338 e. The summed E-state index contributed by atoms with van der Waals surface area (Å²) in [5.41, 5.74) is -0.00381. The monoisotopic (exact) mass is 546 g/mol. The minimum absolute atomic E-state index is 0.00972. The molecular formula is C27H26N6O7. The number of carbonyl (C=O) groups is 3. The Bertz CT molecular complexity index is 1590. The molecule has 0 aliphatic carbocycles. The fourth-order valence-corrected chi connectivity index (χ4v) is 4.08. The van der Waals surface area contributed by atoms with Gasteiger partial charge in [0.05, 0.1) is 17.2 Å². The van der Waals surface area contributed by atoms with Crippen LogP contribution in [0.4, 0.5) is 5.95 Å². The first-order valence-electron chi connectivity index (χ1n) is 12.6. The maximum atomic E-state index is 12.9. The first kappa shape index (κ1) is 26.7. The molecule has 0 radical (unpaired) electrons. The number of hydrogen-bond donors (Lipinski definition) is 2.